The van der Waals surface area contributed by atoms with Crippen LogP contribution in [0.1, 0.15) is 19.8 Å². The van der Waals surface area contributed by atoms with Crippen molar-refractivity contribution in [3.05, 3.63) is 0 Å². The smallest absolute Gasteiger partial charge is 0.326 e. The molecular formula is C12H22N4O4. The summed E-state index contributed by atoms with van der Waals surface area (Å²) in [6.07, 6.45) is -0.0753. The van der Waals surface area contributed by atoms with Gasteiger partial charge in [-0.3, -0.25) is 4.79 Å². The van der Waals surface area contributed by atoms with Gasteiger partial charge in [0.15, 0.2) is 0 Å². The number of carboxylic acids is 1. The van der Waals surface area contributed by atoms with Gasteiger partial charge in [-0.2, -0.15) is 0 Å². The van der Waals surface area contributed by atoms with E-state index >= 15 is 0 Å². The van der Waals surface area contributed by atoms with E-state index in [4.69, 9.17) is 10.8 Å². The van der Waals surface area contributed by atoms with Crippen LogP contribution in [-0.4, -0.2) is 71.6 Å². The number of carboxylic acid groups (broad SMARTS) is 1. The van der Waals surface area contributed by atoms with Crippen LogP contribution in [0.25, 0.3) is 0 Å². The Kier molecular flexibility index (Phi) is 5.75. The van der Waals surface area contributed by atoms with Crippen LogP contribution < -0.4 is 11.1 Å². The molecule has 1 unspecified atom stereocenters. The molecule has 0 aliphatic carbocycles. The molecule has 1 aliphatic rings. The van der Waals surface area contributed by atoms with Gasteiger partial charge in [0.25, 0.3) is 0 Å². The van der Waals surface area contributed by atoms with E-state index in [0.29, 0.717) is 6.54 Å². The van der Waals surface area contributed by atoms with Crippen LogP contribution in [0.5, 0.6) is 0 Å². The number of amides is 3. The lowest BCUT2D eigenvalue weighted by molar-refractivity contribution is -0.139. The third-order valence-corrected chi connectivity index (χ3v) is 3.37. The van der Waals surface area contributed by atoms with Crippen molar-refractivity contribution in [3.63, 3.8) is 0 Å². The van der Waals surface area contributed by atoms with E-state index in [1.54, 1.807) is 4.90 Å². The highest BCUT2D eigenvalue weighted by Gasteiger charge is 2.29. The van der Waals surface area contributed by atoms with Crippen LogP contribution in [0.2, 0.25) is 0 Å². The molecule has 4 N–H and O–H groups in total. The highest BCUT2D eigenvalue weighted by atomic mass is 16.4. The molecule has 0 aromatic rings. The highest BCUT2D eigenvalue weighted by molar-refractivity contribution is 5.83. The van der Waals surface area contributed by atoms with Crippen molar-refractivity contribution in [1.82, 2.24) is 15.1 Å². The number of carbonyl (C=O) groups excluding carboxylic acids is 2. The van der Waals surface area contributed by atoms with Crippen LogP contribution in [0.15, 0.2) is 0 Å². The minimum atomic E-state index is -1.17. The minimum absolute atomic E-state index is 0.00146. The molecule has 0 radical (unpaired) electrons. The van der Waals surface area contributed by atoms with E-state index < -0.39 is 23.9 Å². The molecule has 3 amide bonds. The van der Waals surface area contributed by atoms with E-state index in [1.165, 1.54) is 0 Å². The summed E-state index contributed by atoms with van der Waals surface area (Å²) >= 11 is 0. The second-order valence-corrected chi connectivity index (χ2v) is 5.15. The lowest BCUT2D eigenvalue weighted by Gasteiger charge is -2.38. The number of nitrogens with one attached hydrogen (secondary N) is 1. The summed E-state index contributed by atoms with van der Waals surface area (Å²) < 4.78 is 0. The summed E-state index contributed by atoms with van der Waals surface area (Å²) in [6, 6.07) is -1.50. The average molecular weight is 286 g/mol. The summed E-state index contributed by atoms with van der Waals surface area (Å²) in [5, 5.41) is 11.5. The van der Waals surface area contributed by atoms with Crippen molar-refractivity contribution in [2.45, 2.75) is 31.8 Å². The normalized spacial score (nSPS) is 21.3. The first-order chi connectivity index (χ1) is 9.31. The lowest BCUT2D eigenvalue weighted by atomic mass is 10.1. The topological polar surface area (TPSA) is 116 Å². The second-order valence-electron chi connectivity index (χ2n) is 5.15. The van der Waals surface area contributed by atoms with E-state index in [0.717, 1.165) is 13.1 Å². The summed E-state index contributed by atoms with van der Waals surface area (Å²) in [7, 11) is 1.97. The van der Waals surface area contributed by atoms with Crippen LogP contribution in [0.3, 0.4) is 0 Å². The number of urea groups is 1. The molecule has 1 saturated heterocycles. The summed E-state index contributed by atoms with van der Waals surface area (Å²) in [6.45, 7) is 3.95. The number of likely N-dealkylation sites (N-methyl/N-ethyl adjacent to an activating group) is 1. The van der Waals surface area contributed by atoms with Crippen molar-refractivity contribution < 1.29 is 19.5 Å². The standard InChI is InChI=1S/C12H22N4O4/c1-8-7-15(2)5-6-16(8)12(20)14-9(11(18)19)3-4-10(13)17/h8-9H,3-7H2,1-2H3,(H2,13,17)(H,14,20)(H,18,19)/t8?,9-/m0/s1. The SMILES string of the molecule is CC1CN(C)CCN1C(=O)N[C@@H](CCC(N)=O)C(=O)O. The van der Waals surface area contributed by atoms with Crippen molar-refractivity contribution in [1.29, 1.82) is 0 Å². The molecule has 1 heterocycles. The predicted octanol–water partition coefficient (Wildman–Crippen LogP) is -0.949. The number of hydrogen-bond acceptors (Lipinski definition) is 4. The number of nitrogens with zero attached hydrogens (tertiary/aromatic N) is 2. The Balaban J connectivity index is 2.57. The molecule has 114 valence electrons. The molecule has 0 aromatic heterocycles. The molecule has 8 heteroatoms. The zero-order chi connectivity index (χ0) is 15.3. The number of piperazine rings is 1. The van der Waals surface area contributed by atoms with E-state index in [2.05, 4.69) is 10.2 Å². The zero-order valence-corrected chi connectivity index (χ0v) is 11.8. The Morgan fingerprint density at radius 1 is 1.40 bits per heavy atom. The lowest BCUT2D eigenvalue weighted by Crippen LogP contribution is -2.57. The average Bonchev–Trinajstić information content (AvgIpc) is 2.33. The molecule has 1 aliphatic heterocycles. The Morgan fingerprint density at radius 3 is 2.55 bits per heavy atom. The maximum absolute atomic E-state index is 12.1. The summed E-state index contributed by atoms with van der Waals surface area (Å²) in [4.78, 5) is 37.6. The molecule has 20 heavy (non-hydrogen) atoms. The van der Waals surface area contributed by atoms with Gasteiger partial charge in [0.2, 0.25) is 5.91 Å². The molecule has 0 aromatic carbocycles. The maximum atomic E-state index is 12.1. The highest BCUT2D eigenvalue weighted by Crippen LogP contribution is 2.09. The van der Waals surface area contributed by atoms with E-state index in [9.17, 15) is 14.4 Å². The monoisotopic (exact) mass is 286 g/mol. The number of hydrogen-bond donors (Lipinski definition) is 3. The molecule has 1 rings (SSSR count). The van der Waals surface area contributed by atoms with Crippen molar-refractivity contribution in [2.75, 3.05) is 26.7 Å². The third kappa shape index (κ3) is 4.69. The summed E-state index contributed by atoms with van der Waals surface area (Å²) in [5.41, 5.74) is 4.99. The molecule has 0 saturated carbocycles. The maximum Gasteiger partial charge on any atom is 0.326 e. The van der Waals surface area contributed by atoms with Gasteiger partial charge in [-0.05, 0) is 20.4 Å². The van der Waals surface area contributed by atoms with Gasteiger partial charge < -0.3 is 26.0 Å². The molecular weight excluding hydrogens is 264 g/mol. The van der Waals surface area contributed by atoms with Crippen molar-refractivity contribution >= 4 is 17.9 Å². The predicted molar refractivity (Wildman–Crippen MR) is 72.0 cm³/mol. The fraction of sp³-hybridized carbons (Fsp3) is 0.750. The largest absolute Gasteiger partial charge is 0.480 e. The van der Waals surface area contributed by atoms with Crippen LogP contribution >= 0.6 is 0 Å². The Morgan fingerprint density at radius 2 is 2.05 bits per heavy atom. The molecule has 0 spiro atoms. The van der Waals surface area contributed by atoms with Crippen LogP contribution in [0.4, 0.5) is 4.79 Å². The summed E-state index contributed by atoms with van der Waals surface area (Å²) in [5.74, 6) is -1.75. The van der Waals surface area contributed by atoms with Gasteiger partial charge in [0.05, 0.1) is 0 Å². The Hall–Kier alpha value is -1.83. The zero-order valence-electron chi connectivity index (χ0n) is 11.8. The molecule has 2 atom stereocenters. The Bertz CT molecular complexity index is 388. The van der Waals surface area contributed by atoms with Gasteiger partial charge >= 0.3 is 12.0 Å². The van der Waals surface area contributed by atoms with Crippen molar-refractivity contribution in [2.24, 2.45) is 5.73 Å². The fourth-order valence-electron chi connectivity index (χ4n) is 2.22. The Labute approximate surface area is 117 Å². The van der Waals surface area contributed by atoms with Gasteiger partial charge in [-0.1, -0.05) is 0 Å². The van der Waals surface area contributed by atoms with Gasteiger partial charge in [0, 0.05) is 32.1 Å². The first-order valence-corrected chi connectivity index (χ1v) is 6.58. The first-order valence-electron chi connectivity index (χ1n) is 6.58. The quantitative estimate of drug-likeness (QED) is 0.602. The van der Waals surface area contributed by atoms with Crippen LogP contribution in [-0.2, 0) is 9.59 Å². The molecule has 0 bridgehead atoms. The van der Waals surface area contributed by atoms with Crippen LogP contribution in [0, 0.1) is 0 Å². The molecule has 1 fully saturated rings. The van der Waals surface area contributed by atoms with Gasteiger partial charge in [-0.25, -0.2) is 9.59 Å². The van der Waals surface area contributed by atoms with Crippen molar-refractivity contribution in [3.8, 4) is 0 Å². The van der Waals surface area contributed by atoms with E-state index in [1.807, 2.05) is 14.0 Å². The number of nitrogens with two attached hydrogens (primary N) is 1. The minimum Gasteiger partial charge on any atom is -0.480 e. The number of rotatable bonds is 5. The number of aliphatic carboxylic acids is 1. The van der Waals surface area contributed by atoms with E-state index in [-0.39, 0.29) is 18.9 Å². The third-order valence-electron chi connectivity index (χ3n) is 3.37. The molecule has 8 nitrogen and oxygen atoms in total. The first kappa shape index (κ1) is 16.2. The second kappa shape index (κ2) is 7.09. The fourth-order valence-corrected chi connectivity index (χ4v) is 2.22. The van der Waals surface area contributed by atoms with Gasteiger partial charge in [-0.15, -0.1) is 0 Å². The number of carbonyl (C=O) groups is 3. The number of primary amides is 1. The van der Waals surface area contributed by atoms with Gasteiger partial charge in [0.1, 0.15) is 6.04 Å².